The summed E-state index contributed by atoms with van der Waals surface area (Å²) in [6, 6.07) is 3.27. The van der Waals surface area contributed by atoms with Crippen LogP contribution in [0.3, 0.4) is 0 Å². The molecule has 0 spiro atoms. The lowest BCUT2D eigenvalue weighted by Gasteiger charge is -2.33. The second kappa shape index (κ2) is 6.23. The van der Waals surface area contributed by atoms with Crippen LogP contribution in [-0.2, 0) is 10.0 Å². The maximum absolute atomic E-state index is 12.8. The van der Waals surface area contributed by atoms with E-state index < -0.39 is 10.0 Å². The van der Waals surface area contributed by atoms with Crippen LogP contribution in [-0.4, -0.2) is 30.3 Å². The van der Waals surface area contributed by atoms with Crippen LogP contribution in [0.2, 0.25) is 5.15 Å². The minimum atomic E-state index is -3.44. The van der Waals surface area contributed by atoms with Gasteiger partial charge < -0.3 is 0 Å². The molecule has 1 atom stereocenters. The second-order valence-electron chi connectivity index (χ2n) is 6.04. The molecule has 1 unspecified atom stereocenters. The number of hydrogen-bond acceptors (Lipinski definition) is 3. The first-order chi connectivity index (χ1) is 10.1. The molecule has 4 nitrogen and oxygen atoms in total. The zero-order valence-electron chi connectivity index (χ0n) is 12.0. The summed E-state index contributed by atoms with van der Waals surface area (Å²) in [6.45, 7) is 0.631. The number of sulfonamides is 1. The van der Waals surface area contributed by atoms with Crippen LogP contribution in [0.1, 0.15) is 44.9 Å². The molecule has 0 bridgehead atoms. The van der Waals surface area contributed by atoms with Crippen molar-refractivity contribution in [2.24, 2.45) is 5.92 Å². The molecule has 3 rings (SSSR count). The first-order valence-electron chi connectivity index (χ1n) is 7.72. The third kappa shape index (κ3) is 3.10. The van der Waals surface area contributed by atoms with Crippen molar-refractivity contribution < 1.29 is 8.42 Å². The second-order valence-corrected chi connectivity index (χ2v) is 8.32. The SMILES string of the molecule is O=S(=O)(c1ccc(Cl)nc1)N1CCCC1C1CCCCC1. The van der Waals surface area contributed by atoms with E-state index in [1.165, 1.54) is 25.5 Å². The molecule has 1 saturated carbocycles. The van der Waals surface area contributed by atoms with Gasteiger partial charge >= 0.3 is 0 Å². The van der Waals surface area contributed by atoms with E-state index >= 15 is 0 Å². The Morgan fingerprint density at radius 2 is 1.86 bits per heavy atom. The average molecular weight is 329 g/mol. The molecule has 2 heterocycles. The molecule has 6 heteroatoms. The van der Waals surface area contributed by atoms with Crippen LogP contribution < -0.4 is 0 Å². The van der Waals surface area contributed by atoms with Crippen molar-refractivity contribution in [3.63, 3.8) is 0 Å². The largest absolute Gasteiger partial charge is 0.244 e. The normalized spacial score (nSPS) is 25.3. The van der Waals surface area contributed by atoms with E-state index in [-0.39, 0.29) is 10.9 Å². The number of halogens is 1. The minimum Gasteiger partial charge on any atom is -0.243 e. The highest BCUT2D eigenvalue weighted by atomic mass is 35.5. The summed E-state index contributed by atoms with van der Waals surface area (Å²) in [5.41, 5.74) is 0. The predicted molar refractivity (Wildman–Crippen MR) is 82.7 cm³/mol. The first kappa shape index (κ1) is 15.3. The van der Waals surface area contributed by atoms with Crippen molar-refractivity contribution in [2.45, 2.75) is 55.9 Å². The fraction of sp³-hybridized carbons (Fsp3) is 0.667. The Balaban J connectivity index is 1.84. The lowest BCUT2D eigenvalue weighted by atomic mass is 9.83. The zero-order chi connectivity index (χ0) is 14.9. The Hall–Kier alpha value is -0.650. The van der Waals surface area contributed by atoms with Gasteiger partial charge in [-0.15, -0.1) is 0 Å². The molecule has 2 fully saturated rings. The fourth-order valence-electron chi connectivity index (χ4n) is 3.70. The van der Waals surface area contributed by atoms with Crippen molar-refractivity contribution in [1.29, 1.82) is 0 Å². The number of rotatable bonds is 3. The van der Waals surface area contributed by atoms with Crippen LogP contribution in [0, 0.1) is 5.92 Å². The summed E-state index contributed by atoms with van der Waals surface area (Å²) < 4.78 is 27.4. The van der Waals surface area contributed by atoms with E-state index in [9.17, 15) is 8.42 Å². The number of nitrogens with zero attached hydrogens (tertiary/aromatic N) is 2. The van der Waals surface area contributed by atoms with Gasteiger partial charge in [0.15, 0.2) is 0 Å². The summed E-state index contributed by atoms with van der Waals surface area (Å²) in [5, 5.41) is 0.319. The summed E-state index contributed by atoms with van der Waals surface area (Å²) >= 11 is 5.75. The third-order valence-electron chi connectivity index (χ3n) is 4.75. The van der Waals surface area contributed by atoms with Crippen molar-refractivity contribution in [2.75, 3.05) is 6.54 Å². The van der Waals surface area contributed by atoms with E-state index in [1.54, 1.807) is 16.4 Å². The van der Waals surface area contributed by atoms with Gasteiger partial charge in [-0.25, -0.2) is 13.4 Å². The lowest BCUT2D eigenvalue weighted by Crippen LogP contribution is -2.40. The van der Waals surface area contributed by atoms with Gasteiger partial charge in [-0.2, -0.15) is 4.31 Å². The molecule has 0 amide bonds. The molecule has 1 aromatic heterocycles. The molecule has 0 aromatic carbocycles. The highest BCUT2D eigenvalue weighted by Crippen LogP contribution is 2.37. The van der Waals surface area contributed by atoms with E-state index in [4.69, 9.17) is 11.6 Å². The zero-order valence-corrected chi connectivity index (χ0v) is 13.6. The lowest BCUT2D eigenvalue weighted by molar-refractivity contribution is 0.226. The summed E-state index contributed by atoms with van der Waals surface area (Å²) in [6.07, 6.45) is 9.40. The fourth-order valence-corrected chi connectivity index (χ4v) is 5.52. The molecule has 116 valence electrons. The molecule has 1 aliphatic carbocycles. The molecule has 0 N–H and O–H groups in total. The monoisotopic (exact) mass is 328 g/mol. The number of hydrogen-bond donors (Lipinski definition) is 0. The van der Waals surface area contributed by atoms with Crippen LogP contribution in [0.25, 0.3) is 0 Å². The molecule has 1 aliphatic heterocycles. The summed E-state index contributed by atoms with van der Waals surface area (Å²) in [5.74, 6) is 0.524. The highest BCUT2D eigenvalue weighted by Gasteiger charge is 2.39. The van der Waals surface area contributed by atoms with Gasteiger partial charge in [0, 0.05) is 18.8 Å². The number of pyridine rings is 1. The predicted octanol–water partition coefficient (Wildman–Crippen LogP) is 3.47. The Morgan fingerprint density at radius 3 is 2.52 bits per heavy atom. The molecule has 1 aromatic rings. The molecule has 2 aliphatic rings. The molecule has 0 radical (unpaired) electrons. The smallest absolute Gasteiger partial charge is 0.243 e. The van der Waals surface area contributed by atoms with Crippen LogP contribution in [0.5, 0.6) is 0 Å². The Bertz CT molecular complexity index is 582. The van der Waals surface area contributed by atoms with E-state index in [0.717, 1.165) is 25.7 Å². The number of aromatic nitrogens is 1. The van der Waals surface area contributed by atoms with E-state index in [2.05, 4.69) is 4.98 Å². The topological polar surface area (TPSA) is 50.3 Å². The maximum atomic E-state index is 12.8. The van der Waals surface area contributed by atoms with Gasteiger partial charge in [0.1, 0.15) is 10.0 Å². The molecular formula is C15H21ClN2O2S. The quantitative estimate of drug-likeness (QED) is 0.798. The van der Waals surface area contributed by atoms with Gasteiger partial charge in [-0.1, -0.05) is 30.9 Å². The van der Waals surface area contributed by atoms with Crippen molar-refractivity contribution in [1.82, 2.24) is 9.29 Å². The summed E-state index contributed by atoms with van der Waals surface area (Å²) in [7, 11) is -3.44. The Kier molecular flexibility index (Phi) is 4.52. The van der Waals surface area contributed by atoms with Crippen LogP contribution in [0.4, 0.5) is 0 Å². The molecule has 21 heavy (non-hydrogen) atoms. The highest BCUT2D eigenvalue weighted by molar-refractivity contribution is 7.89. The van der Waals surface area contributed by atoms with Crippen molar-refractivity contribution in [3.8, 4) is 0 Å². The molecule has 1 saturated heterocycles. The molecular weight excluding hydrogens is 308 g/mol. The van der Waals surface area contributed by atoms with Gasteiger partial charge in [0.05, 0.1) is 0 Å². The van der Waals surface area contributed by atoms with Crippen LogP contribution in [0.15, 0.2) is 23.2 Å². The first-order valence-corrected chi connectivity index (χ1v) is 9.54. The standard InChI is InChI=1S/C15H21ClN2O2S/c16-15-9-8-13(11-17-15)21(19,20)18-10-4-7-14(18)12-5-2-1-3-6-12/h8-9,11-12,14H,1-7,10H2. The minimum absolute atomic E-state index is 0.172. The maximum Gasteiger partial charge on any atom is 0.244 e. The average Bonchev–Trinajstić information content (AvgIpc) is 2.99. The van der Waals surface area contributed by atoms with Gasteiger partial charge in [-0.05, 0) is 43.7 Å². The third-order valence-corrected chi connectivity index (χ3v) is 6.88. The Labute approximate surface area is 131 Å². The summed E-state index contributed by atoms with van der Waals surface area (Å²) in [4.78, 5) is 4.17. The van der Waals surface area contributed by atoms with Gasteiger partial charge in [0.25, 0.3) is 0 Å². The van der Waals surface area contributed by atoms with E-state index in [0.29, 0.717) is 17.6 Å². The van der Waals surface area contributed by atoms with Gasteiger partial charge in [0.2, 0.25) is 10.0 Å². The Morgan fingerprint density at radius 1 is 1.10 bits per heavy atom. The van der Waals surface area contributed by atoms with Crippen molar-refractivity contribution in [3.05, 3.63) is 23.5 Å². The van der Waals surface area contributed by atoms with Crippen LogP contribution >= 0.6 is 11.6 Å². The van der Waals surface area contributed by atoms with Crippen molar-refractivity contribution >= 4 is 21.6 Å². The van der Waals surface area contributed by atoms with E-state index in [1.807, 2.05) is 0 Å². The van der Waals surface area contributed by atoms with Gasteiger partial charge in [-0.3, -0.25) is 0 Å².